The lowest BCUT2D eigenvalue weighted by atomic mass is 10.2. The molecule has 1 rings (SSSR count). The van der Waals surface area contributed by atoms with Crippen LogP contribution >= 0.6 is 34.2 Å². The molecule has 14 heavy (non-hydrogen) atoms. The Morgan fingerprint density at radius 3 is 2.86 bits per heavy atom. The molecule has 0 radical (unpaired) electrons. The van der Waals surface area contributed by atoms with E-state index in [0.717, 1.165) is 3.57 Å². The van der Waals surface area contributed by atoms with Gasteiger partial charge in [-0.3, -0.25) is 0 Å². The second kappa shape index (κ2) is 4.84. The summed E-state index contributed by atoms with van der Waals surface area (Å²) >= 11 is 7.95. The van der Waals surface area contributed by atoms with Crippen molar-refractivity contribution in [3.05, 3.63) is 26.3 Å². The Labute approximate surface area is 101 Å². The van der Waals surface area contributed by atoms with Crippen molar-refractivity contribution in [1.29, 1.82) is 0 Å². The molecule has 1 aromatic rings. The number of benzene rings is 1. The highest BCUT2D eigenvalue weighted by atomic mass is 127. The van der Waals surface area contributed by atoms with E-state index in [1.807, 2.05) is 22.6 Å². The maximum absolute atomic E-state index is 11.4. The number of carbonyl (C=O) groups excluding carboxylic acids is 1. The number of nitrogens with two attached hydrogens (primary N) is 1. The van der Waals surface area contributed by atoms with Gasteiger partial charge < -0.3 is 10.5 Å². The monoisotopic (exact) mass is 325 g/mol. The number of nitrogen functional groups attached to an aromatic ring is 1. The second-order valence-electron chi connectivity index (χ2n) is 2.58. The maximum Gasteiger partial charge on any atom is 0.339 e. The first-order valence-corrected chi connectivity index (χ1v) is 5.43. The Kier molecular flexibility index (Phi) is 4.00. The molecule has 0 bridgehead atoms. The highest BCUT2D eigenvalue weighted by Crippen LogP contribution is 2.26. The first-order valence-electron chi connectivity index (χ1n) is 3.98. The lowest BCUT2D eigenvalue weighted by molar-refractivity contribution is 0.0526. The molecule has 0 aliphatic heterocycles. The molecule has 3 nitrogen and oxygen atoms in total. The van der Waals surface area contributed by atoms with E-state index in [4.69, 9.17) is 22.1 Å². The molecule has 1 aromatic carbocycles. The number of hydrogen-bond acceptors (Lipinski definition) is 3. The van der Waals surface area contributed by atoms with Crippen LogP contribution in [0.1, 0.15) is 17.3 Å². The van der Waals surface area contributed by atoms with Crippen molar-refractivity contribution >= 4 is 45.8 Å². The molecule has 0 spiro atoms. The molecule has 5 heteroatoms. The van der Waals surface area contributed by atoms with E-state index in [0.29, 0.717) is 22.9 Å². The molecule has 0 heterocycles. The first kappa shape index (κ1) is 11.6. The molecule has 0 aromatic heterocycles. The minimum atomic E-state index is -0.442. The van der Waals surface area contributed by atoms with Gasteiger partial charge in [-0.25, -0.2) is 4.79 Å². The van der Waals surface area contributed by atoms with Crippen LogP contribution in [0.3, 0.4) is 0 Å². The molecular weight excluding hydrogens is 316 g/mol. The normalized spacial score (nSPS) is 9.93. The summed E-state index contributed by atoms with van der Waals surface area (Å²) in [6.07, 6.45) is 0. The van der Waals surface area contributed by atoms with E-state index in [2.05, 4.69) is 0 Å². The molecule has 0 atom stereocenters. The minimum absolute atomic E-state index is 0.318. The van der Waals surface area contributed by atoms with Crippen molar-refractivity contribution in [3.63, 3.8) is 0 Å². The van der Waals surface area contributed by atoms with Crippen molar-refractivity contribution in [1.82, 2.24) is 0 Å². The quantitative estimate of drug-likeness (QED) is 0.517. The van der Waals surface area contributed by atoms with Gasteiger partial charge in [0.1, 0.15) is 0 Å². The summed E-state index contributed by atoms with van der Waals surface area (Å²) in [4.78, 5) is 11.4. The maximum atomic E-state index is 11.4. The molecule has 0 unspecified atom stereocenters. The Morgan fingerprint density at radius 1 is 1.64 bits per heavy atom. The first-order chi connectivity index (χ1) is 6.56. The number of halogens is 2. The van der Waals surface area contributed by atoms with Gasteiger partial charge in [0.2, 0.25) is 0 Å². The summed E-state index contributed by atoms with van der Waals surface area (Å²) in [7, 11) is 0. The van der Waals surface area contributed by atoms with Crippen LogP contribution in [-0.2, 0) is 4.74 Å². The number of esters is 1. The fourth-order valence-corrected chi connectivity index (χ4v) is 1.80. The topological polar surface area (TPSA) is 52.3 Å². The van der Waals surface area contributed by atoms with Crippen LogP contribution in [0.5, 0.6) is 0 Å². The van der Waals surface area contributed by atoms with Gasteiger partial charge in [0, 0.05) is 9.26 Å². The Hall–Kier alpha value is -0.490. The molecule has 0 aliphatic rings. The third-order valence-corrected chi connectivity index (χ3v) is 3.12. The summed E-state index contributed by atoms with van der Waals surface area (Å²) in [6, 6.07) is 3.22. The van der Waals surface area contributed by atoms with E-state index in [-0.39, 0.29) is 0 Å². The van der Waals surface area contributed by atoms with Gasteiger partial charge >= 0.3 is 5.97 Å². The summed E-state index contributed by atoms with van der Waals surface area (Å²) in [5.41, 5.74) is 6.41. The van der Waals surface area contributed by atoms with Crippen LogP contribution in [0, 0.1) is 3.57 Å². The molecule has 0 amide bonds. The second-order valence-corrected chi connectivity index (χ2v) is 4.12. The fourth-order valence-electron chi connectivity index (χ4n) is 0.967. The van der Waals surface area contributed by atoms with Gasteiger partial charge in [0.15, 0.2) is 0 Å². The number of rotatable bonds is 2. The average Bonchev–Trinajstić information content (AvgIpc) is 2.11. The van der Waals surface area contributed by atoms with E-state index >= 15 is 0 Å². The zero-order valence-electron chi connectivity index (χ0n) is 7.51. The van der Waals surface area contributed by atoms with E-state index in [1.54, 1.807) is 13.0 Å². The van der Waals surface area contributed by atoms with Gasteiger partial charge in [-0.15, -0.1) is 0 Å². The summed E-state index contributed by atoms with van der Waals surface area (Å²) in [6.45, 7) is 2.06. The molecule has 0 fully saturated rings. The lowest BCUT2D eigenvalue weighted by Gasteiger charge is -2.06. The summed E-state index contributed by atoms with van der Waals surface area (Å²) < 4.78 is 5.58. The van der Waals surface area contributed by atoms with Gasteiger partial charge in [-0.05, 0) is 41.6 Å². The van der Waals surface area contributed by atoms with Crippen molar-refractivity contribution < 1.29 is 9.53 Å². The smallest absolute Gasteiger partial charge is 0.339 e. The van der Waals surface area contributed by atoms with Gasteiger partial charge in [-0.2, -0.15) is 0 Å². The van der Waals surface area contributed by atoms with Crippen LogP contribution < -0.4 is 5.73 Å². The highest BCUT2D eigenvalue weighted by Gasteiger charge is 2.14. The molecule has 76 valence electrons. The predicted octanol–water partition coefficient (Wildman–Crippen LogP) is 2.70. The predicted molar refractivity (Wildman–Crippen MR) is 64.5 cm³/mol. The van der Waals surface area contributed by atoms with E-state index < -0.39 is 5.97 Å². The third-order valence-electron chi connectivity index (χ3n) is 1.55. The van der Waals surface area contributed by atoms with Gasteiger partial charge in [0.25, 0.3) is 0 Å². The Morgan fingerprint density at radius 2 is 2.29 bits per heavy atom. The molecule has 0 saturated heterocycles. The van der Waals surface area contributed by atoms with Crippen molar-refractivity contribution in [2.45, 2.75) is 6.92 Å². The lowest BCUT2D eigenvalue weighted by Crippen LogP contribution is -2.07. The van der Waals surface area contributed by atoms with Gasteiger partial charge in [0.05, 0.1) is 17.2 Å². The number of anilines is 1. The molecule has 2 N–H and O–H groups in total. The van der Waals surface area contributed by atoms with Crippen LogP contribution in [0.15, 0.2) is 12.1 Å². The van der Waals surface area contributed by atoms with Crippen molar-refractivity contribution in [3.8, 4) is 0 Å². The third kappa shape index (κ3) is 2.51. The number of ether oxygens (including phenoxy) is 1. The number of hydrogen-bond donors (Lipinski definition) is 1. The van der Waals surface area contributed by atoms with Crippen LogP contribution in [0.25, 0.3) is 0 Å². The average molecular weight is 326 g/mol. The fraction of sp³-hybridized carbons (Fsp3) is 0.222. The zero-order chi connectivity index (χ0) is 10.7. The molecule has 0 aliphatic carbocycles. The van der Waals surface area contributed by atoms with Crippen LogP contribution in [-0.4, -0.2) is 12.6 Å². The molecular formula is C9H9ClINO2. The Balaban J connectivity index is 3.13. The number of carbonyl (C=O) groups is 1. The summed E-state index contributed by atoms with van der Waals surface area (Å²) in [5.74, 6) is -0.442. The highest BCUT2D eigenvalue weighted by molar-refractivity contribution is 14.1. The van der Waals surface area contributed by atoms with E-state index in [1.165, 1.54) is 6.07 Å². The van der Waals surface area contributed by atoms with Crippen molar-refractivity contribution in [2.75, 3.05) is 12.3 Å². The zero-order valence-corrected chi connectivity index (χ0v) is 10.4. The van der Waals surface area contributed by atoms with Crippen LogP contribution in [0.2, 0.25) is 5.02 Å². The van der Waals surface area contributed by atoms with Crippen LogP contribution in [0.4, 0.5) is 5.69 Å². The Bertz CT molecular complexity index is 368. The SMILES string of the molecule is CCOC(=O)c1cc(N)cc(I)c1Cl. The minimum Gasteiger partial charge on any atom is -0.462 e. The van der Waals surface area contributed by atoms with E-state index in [9.17, 15) is 4.79 Å². The van der Waals surface area contributed by atoms with Crippen molar-refractivity contribution in [2.24, 2.45) is 0 Å². The molecule has 0 saturated carbocycles. The van der Waals surface area contributed by atoms with Gasteiger partial charge in [-0.1, -0.05) is 11.6 Å². The summed E-state index contributed by atoms with van der Waals surface area (Å²) in [5, 5.41) is 0.387. The largest absolute Gasteiger partial charge is 0.462 e. The standard InChI is InChI=1S/C9H9ClINO2/c1-2-14-9(13)6-3-5(12)4-7(11)8(6)10/h3-4H,2,12H2,1H3.